The number of amides is 2. The molecule has 0 atom stereocenters. The molecular formula is C13H18BrN3O2. The molecule has 0 saturated carbocycles. The average molecular weight is 328 g/mol. The number of hydrogen-bond acceptors (Lipinski definition) is 3. The molecule has 0 unspecified atom stereocenters. The normalized spacial score (nSPS) is 10.1. The maximum Gasteiger partial charge on any atom is 0.257 e. The van der Waals surface area contributed by atoms with Crippen LogP contribution in [0.4, 0.5) is 0 Å². The van der Waals surface area contributed by atoms with Gasteiger partial charge in [0.2, 0.25) is 5.91 Å². The lowest BCUT2D eigenvalue weighted by Crippen LogP contribution is -2.40. The average Bonchev–Trinajstić information content (AvgIpc) is 2.37. The fourth-order valence-corrected chi connectivity index (χ4v) is 1.96. The van der Waals surface area contributed by atoms with Crippen LogP contribution < -0.4 is 0 Å². The highest BCUT2D eigenvalue weighted by atomic mass is 79.9. The first-order valence-electron chi connectivity index (χ1n) is 6.07. The maximum absolute atomic E-state index is 12.4. The summed E-state index contributed by atoms with van der Waals surface area (Å²) in [5.74, 6) is -0.279. The molecular weight excluding hydrogens is 310 g/mol. The molecule has 1 rings (SSSR count). The minimum atomic E-state index is -0.183. The number of hydrogen-bond donors (Lipinski definition) is 0. The first kappa shape index (κ1) is 15.6. The number of rotatable bonds is 5. The fourth-order valence-electron chi connectivity index (χ4n) is 1.54. The van der Waals surface area contributed by atoms with E-state index in [0.29, 0.717) is 16.7 Å². The molecule has 0 bridgehead atoms. The molecule has 0 aliphatic rings. The van der Waals surface area contributed by atoms with E-state index in [4.69, 9.17) is 0 Å². The lowest BCUT2D eigenvalue weighted by molar-refractivity contribution is -0.129. The van der Waals surface area contributed by atoms with Gasteiger partial charge in [0.15, 0.2) is 0 Å². The zero-order valence-corrected chi connectivity index (χ0v) is 13.0. The van der Waals surface area contributed by atoms with Crippen LogP contribution in [0.2, 0.25) is 0 Å². The van der Waals surface area contributed by atoms with Crippen LogP contribution in [0.3, 0.4) is 0 Å². The van der Waals surface area contributed by atoms with Crippen molar-refractivity contribution in [1.82, 2.24) is 14.8 Å². The van der Waals surface area contributed by atoms with Gasteiger partial charge in [-0.3, -0.25) is 9.59 Å². The van der Waals surface area contributed by atoms with Gasteiger partial charge in [0.05, 0.1) is 5.56 Å². The second-order valence-corrected chi connectivity index (χ2v) is 5.11. The summed E-state index contributed by atoms with van der Waals surface area (Å²) in [5, 5.41) is 0. The van der Waals surface area contributed by atoms with E-state index in [2.05, 4.69) is 20.9 Å². The van der Waals surface area contributed by atoms with Gasteiger partial charge < -0.3 is 9.80 Å². The Kier molecular flexibility index (Phi) is 5.95. The molecule has 5 nitrogen and oxygen atoms in total. The molecule has 1 aromatic rings. The van der Waals surface area contributed by atoms with Crippen molar-refractivity contribution in [3.63, 3.8) is 0 Å². The fraction of sp³-hybridized carbons (Fsp3) is 0.462. The SMILES string of the molecule is CCCN(CC(=O)N(C)C)C(=O)c1cccnc1Br. The molecule has 0 aliphatic carbocycles. The molecule has 1 aromatic heterocycles. The quantitative estimate of drug-likeness (QED) is 0.775. The zero-order valence-electron chi connectivity index (χ0n) is 11.4. The topological polar surface area (TPSA) is 53.5 Å². The van der Waals surface area contributed by atoms with E-state index in [1.807, 2.05) is 6.92 Å². The molecule has 19 heavy (non-hydrogen) atoms. The third-order valence-electron chi connectivity index (χ3n) is 2.60. The van der Waals surface area contributed by atoms with Gasteiger partial charge >= 0.3 is 0 Å². The highest BCUT2D eigenvalue weighted by Crippen LogP contribution is 2.15. The van der Waals surface area contributed by atoms with Crippen LogP contribution in [-0.4, -0.2) is 53.8 Å². The highest BCUT2D eigenvalue weighted by Gasteiger charge is 2.21. The first-order valence-corrected chi connectivity index (χ1v) is 6.86. The summed E-state index contributed by atoms with van der Waals surface area (Å²) in [6.07, 6.45) is 2.40. The number of carbonyl (C=O) groups is 2. The smallest absolute Gasteiger partial charge is 0.257 e. The van der Waals surface area contributed by atoms with E-state index in [1.54, 1.807) is 37.3 Å². The molecule has 0 aromatic carbocycles. The number of halogens is 1. The summed E-state index contributed by atoms with van der Waals surface area (Å²) >= 11 is 3.26. The van der Waals surface area contributed by atoms with Crippen molar-refractivity contribution in [2.24, 2.45) is 0 Å². The second kappa shape index (κ2) is 7.23. The van der Waals surface area contributed by atoms with Gasteiger partial charge in [-0.05, 0) is 34.5 Å². The predicted molar refractivity (Wildman–Crippen MR) is 76.8 cm³/mol. The van der Waals surface area contributed by atoms with Crippen LogP contribution in [0.5, 0.6) is 0 Å². The Morgan fingerprint density at radius 3 is 2.58 bits per heavy atom. The number of aromatic nitrogens is 1. The van der Waals surface area contributed by atoms with E-state index in [9.17, 15) is 9.59 Å². The standard InChI is InChI=1S/C13H18BrN3O2/c1-4-8-17(9-11(18)16(2)3)13(19)10-6-5-7-15-12(10)14/h5-7H,4,8-9H2,1-3H3. The molecule has 2 amide bonds. The summed E-state index contributed by atoms with van der Waals surface area (Å²) in [6.45, 7) is 2.60. The molecule has 0 fully saturated rings. The van der Waals surface area contributed by atoms with Crippen LogP contribution in [0.1, 0.15) is 23.7 Å². The Bertz CT molecular complexity index is 463. The summed E-state index contributed by atoms with van der Waals surface area (Å²) in [5.41, 5.74) is 0.475. The van der Waals surface area contributed by atoms with Gasteiger partial charge in [0.1, 0.15) is 11.1 Å². The Balaban J connectivity index is 2.90. The summed E-state index contributed by atoms with van der Waals surface area (Å²) in [6, 6.07) is 3.40. The van der Waals surface area contributed by atoms with Crippen molar-refractivity contribution in [3.8, 4) is 0 Å². The molecule has 0 aliphatic heterocycles. The Hall–Kier alpha value is -1.43. The van der Waals surface area contributed by atoms with Crippen molar-refractivity contribution in [2.45, 2.75) is 13.3 Å². The lowest BCUT2D eigenvalue weighted by atomic mass is 10.2. The van der Waals surface area contributed by atoms with Crippen molar-refractivity contribution in [2.75, 3.05) is 27.2 Å². The van der Waals surface area contributed by atoms with Crippen LogP contribution in [-0.2, 0) is 4.79 Å². The summed E-state index contributed by atoms with van der Waals surface area (Å²) in [7, 11) is 3.36. The van der Waals surface area contributed by atoms with Gasteiger partial charge in [-0.1, -0.05) is 6.92 Å². The molecule has 104 valence electrons. The van der Waals surface area contributed by atoms with E-state index in [-0.39, 0.29) is 18.4 Å². The largest absolute Gasteiger partial charge is 0.347 e. The monoisotopic (exact) mass is 327 g/mol. The Morgan fingerprint density at radius 2 is 2.05 bits per heavy atom. The van der Waals surface area contributed by atoms with Gasteiger partial charge in [-0.25, -0.2) is 4.98 Å². The van der Waals surface area contributed by atoms with Crippen molar-refractivity contribution in [1.29, 1.82) is 0 Å². The lowest BCUT2D eigenvalue weighted by Gasteiger charge is -2.23. The minimum absolute atomic E-state index is 0.0843. The van der Waals surface area contributed by atoms with Crippen LogP contribution in [0, 0.1) is 0 Å². The third kappa shape index (κ3) is 4.31. The molecule has 0 N–H and O–H groups in total. The molecule has 1 heterocycles. The molecule has 6 heteroatoms. The van der Waals surface area contributed by atoms with E-state index in [1.165, 1.54) is 4.90 Å². The third-order valence-corrected chi connectivity index (χ3v) is 3.23. The number of pyridine rings is 1. The van der Waals surface area contributed by atoms with E-state index in [0.717, 1.165) is 6.42 Å². The van der Waals surface area contributed by atoms with Gasteiger partial charge in [0.25, 0.3) is 5.91 Å². The first-order chi connectivity index (χ1) is 8.97. The number of nitrogens with zero attached hydrogens (tertiary/aromatic N) is 3. The molecule has 0 spiro atoms. The van der Waals surface area contributed by atoms with Crippen LogP contribution in [0.25, 0.3) is 0 Å². The summed E-state index contributed by atoms with van der Waals surface area (Å²) < 4.78 is 0.499. The molecule has 0 saturated heterocycles. The Morgan fingerprint density at radius 1 is 1.37 bits per heavy atom. The van der Waals surface area contributed by atoms with Gasteiger partial charge in [-0.15, -0.1) is 0 Å². The van der Waals surface area contributed by atoms with Gasteiger partial charge in [0, 0.05) is 26.8 Å². The van der Waals surface area contributed by atoms with Crippen LogP contribution in [0.15, 0.2) is 22.9 Å². The van der Waals surface area contributed by atoms with Crippen molar-refractivity contribution < 1.29 is 9.59 Å². The highest BCUT2D eigenvalue weighted by molar-refractivity contribution is 9.10. The Labute approximate surface area is 121 Å². The predicted octanol–water partition coefficient (Wildman–Crippen LogP) is 1.78. The number of carbonyl (C=O) groups excluding carboxylic acids is 2. The van der Waals surface area contributed by atoms with E-state index < -0.39 is 0 Å². The zero-order chi connectivity index (χ0) is 14.4. The van der Waals surface area contributed by atoms with Crippen molar-refractivity contribution >= 4 is 27.7 Å². The molecule has 0 radical (unpaired) electrons. The summed E-state index contributed by atoms with van der Waals surface area (Å²) in [4.78, 5) is 31.2. The second-order valence-electron chi connectivity index (χ2n) is 4.36. The van der Waals surface area contributed by atoms with Gasteiger partial charge in [-0.2, -0.15) is 0 Å². The minimum Gasteiger partial charge on any atom is -0.347 e. The maximum atomic E-state index is 12.4. The van der Waals surface area contributed by atoms with Crippen molar-refractivity contribution in [3.05, 3.63) is 28.5 Å². The van der Waals surface area contributed by atoms with E-state index >= 15 is 0 Å². The number of likely N-dealkylation sites (N-methyl/N-ethyl adjacent to an activating group) is 1. The van der Waals surface area contributed by atoms with Crippen LogP contribution >= 0.6 is 15.9 Å².